The zero-order valence-corrected chi connectivity index (χ0v) is 28.8. The molecule has 1 saturated carbocycles. The Balaban J connectivity index is 1.27. The average Bonchev–Trinajstić information content (AvgIpc) is 3.30. The van der Waals surface area contributed by atoms with Crippen molar-refractivity contribution >= 4 is 0 Å². The van der Waals surface area contributed by atoms with Crippen LogP contribution in [0.2, 0.25) is 0 Å². The van der Waals surface area contributed by atoms with Gasteiger partial charge in [0, 0.05) is 23.7 Å². The second kappa shape index (κ2) is 12.4. The van der Waals surface area contributed by atoms with Crippen molar-refractivity contribution < 1.29 is 19.7 Å². The van der Waals surface area contributed by atoms with E-state index in [4.69, 9.17) is 9.47 Å². The number of hydrogen-bond acceptors (Lipinski definition) is 4. The molecule has 4 fully saturated rings. The Kier molecular flexibility index (Phi) is 9.66. The molecule has 0 aromatic heterocycles. The maximum atomic E-state index is 11.1. The highest BCUT2D eigenvalue weighted by atomic mass is 16.6. The van der Waals surface area contributed by atoms with Crippen molar-refractivity contribution in [2.24, 2.45) is 10.8 Å². The van der Waals surface area contributed by atoms with Crippen LogP contribution in [0.3, 0.4) is 0 Å². The lowest BCUT2D eigenvalue weighted by molar-refractivity contribution is -0.115. The molecule has 0 spiro atoms. The molecule has 2 N–H and O–H groups in total. The van der Waals surface area contributed by atoms with Gasteiger partial charge in [-0.3, -0.25) is 0 Å². The molecule has 0 radical (unpaired) electrons. The van der Waals surface area contributed by atoms with E-state index in [1.807, 2.05) is 6.92 Å². The number of aliphatic hydroxyl groups excluding tert-OH is 1. The van der Waals surface area contributed by atoms with E-state index in [1.165, 1.54) is 11.1 Å². The average molecular weight is 601 g/mol. The smallest absolute Gasteiger partial charge is 0.121 e. The lowest BCUT2D eigenvalue weighted by Crippen LogP contribution is -2.56. The van der Waals surface area contributed by atoms with Crippen LogP contribution in [0.15, 0.2) is 107 Å². The zero-order valence-electron chi connectivity index (χ0n) is 28.8. The predicted molar refractivity (Wildman–Crippen MR) is 183 cm³/mol. The second-order valence-corrected chi connectivity index (χ2v) is 15.5. The molecule has 6 atom stereocenters. The normalized spacial score (nSPS) is 39.2. The van der Waals surface area contributed by atoms with Gasteiger partial charge < -0.3 is 19.7 Å². The van der Waals surface area contributed by atoms with Gasteiger partial charge in [0.25, 0.3) is 0 Å². The number of epoxide rings is 1. The molecule has 4 aliphatic rings. The van der Waals surface area contributed by atoms with Gasteiger partial charge in [-0.15, -0.1) is 0 Å². The summed E-state index contributed by atoms with van der Waals surface area (Å²) in [4.78, 5) is 0. The quantitative estimate of drug-likeness (QED) is 0.194. The van der Waals surface area contributed by atoms with Gasteiger partial charge in [0.1, 0.15) is 16.8 Å². The molecule has 0 amide bonds. The number of rotatable bonds is 10. The van der Waals surface area contributed by atoms with E-state index in [0.717, 1.165) is 24.0 Å². The maximum absolute atomic E-state index is 11.1. The van der Waals surface area contributed by atoms with Gasteiger partial charge in [0.15, 0.2) is 0 Å². The second-order valence-electron chi connectivity index (χ2n) is 15.5. The Morgan fingerprint density at radius 2 is 1.05 bits per heavy atom. The van der Waals surface area contributed by atoms with Gasteiger partial charge >= 0.3 is 0 Å². The molecule has 0 aromatic carbocycles. The van der Waals surface area contributed by atoms with Crippen molar-refractivity contribution in [2.75, 3.05) is 0 Å². The Morgan fingerprint density at radius 1 is 0.591 bits per heavy atom. The maximum Gasteiger partial charge on any atom is 0.121 e. The summed E-state index contributed by atoms with van der Waals surface area (Å²) in [6.07, 6.45) is 32.4. The lowest BCUT2D eigenvalue weighted by Gasteiger charge is -2.46. The van der Waals surface area contributed by atoms with Crippen molar-refractivity contribution in [2.45, 2.75) is 130 Å². The fourth-order valence-corrected chi connectivity index (χ4v) is 8.11. The molecule has 3 heterocycles. The highest BCUT2D eigenvalue weighted by Crippen LogP contribution is 2.66. The van der Waals surface area contributed by atoms with Crippen LogP contribution in [-0.2, 0) is 9.47 Å². The Bertz CT molecular complexity index is 1350. The summed E-state index contributed by atoms with van der Waals surface area (Å²) in [6, 6.07) is 0. The van der Waals surface area contributed by atoms with Gasteiger partial charge in [-0.1, -0.05) is 123 Å². The van der Waals surface area contributed by atoms with Crippen molar-refractivity contribution in [1.29, 1.82) is 0 Å². The van der Waals surface area contributed by atoms with Crippen molar-refractivity contribution in [3.8, 4) is 0 Å². The molecule has 240 valence electrons. The summed E-state index contributed by atoms with van der Waals surface area (Å²) < 4.78 is 12.6. The predicted octanol–water partition coefficient (Wildman–Crippen LogP) is 8.97. The van der Waals surface area contributed by atoms with E-state index in [9.17, 15) is 10.2 Å². The van der Waals surface area contributed by atoms with Crippen LogP contribution < -0.4 is 0 Å². The summed E-state index contributed by atoms with van der Waals surface area (Å²) in [5.74, 6) is 0. The molecule has 3 saturated heterocycles. The minimum Gasteiger partial charge on any atom is -0.393 e. The largest absolute Gasteiger partial charge is 0.393 e. The summed E-state index contributed by atoms with van der Waals surface area (Å²) in [5.41, 5.74) is 2.37. The van der Waals surface area contributed by atoms with Crippen LogP contribution in [0.1, 0.15) is 94.9 Å². The van der Waals surface area contributed by atoms with Gasteiger partial charge in [0.2, 0.25) is 0 Å². The first-order valence-electron chi connectivity index (χ1n) is 16.3. The zero-order chi connectivity index (χ0) is 32.6. The molecule has 1 aliphatic carbocycles. The summed E-state index contributed by atoms with van der Waals surface area (Å²) in [7, 11) is 0. The highest BCUT2D eigenvalue weighted by Gasteiger charge is 2.74. The summed E-state index contributed by atoms with van der Waals surface area (Å²) in [5, 5.41) is 21.3. The number of ether oxygens (including phenoxy) is 2. The third-order valence-corrected chi connectivity index (χ3v) is 10.5. The minimum absolute atomic E-state index is 0.0969. The first kappa shape index (κ1) is 34.4. The lowest BCUT2D eigenvalue weighted by atomic mass is 9.61. The number of fused-ring (bicyclic) bond motifs is 3. The Morgan fingerprint density at radius 3 is 1.52 bits per heavy atom. The summed E-state index contributed by atoms with van der Waals surface area (Å²) in [6.45, 7) is 21.2. The third kappa shape index (κ3) is 6.70. The third-order valence-electron chi connectivity index (χ3n) is 10.5. The fraction of sp³-hybridized carbons (Fsp3) is 0.550. The molecule has 3 aliphatic heterocycles. The fourth-order valence-electron chi connectivity index (χ4n) is 8.11. The first-order chi connectivity index (χ1) is 20.4. The van der Waals surface area contributed by atoms with E-state index >= 15 is 0 Å². The number of aliphatic hydroxyl groups is 2. The van der Waals surface area contributed by atoms with Crippen LogP contribution in [0.4, 0.5) is 0 Å². The number of allylic oxidation sites excluding steroid dienone is 16. The van der Waals surface area contributed by atoms with Crippen LogP contribution in [-0.4, -0.2) is 44.8 Å². The summed E-state index contributed by atoms with van der Waals surface area (Å²) >= 11 is 0. The molecule has 4 rings (SSSR count). The van der Waals surface area contributed by atoms with E-state index in [1.54, 1.807) is 0 Å². The molecular weight excluding hydrogens is 544 g/mol. The standard InChI is InChI=1S/C40H56O4/c1-29(17-13-19-31(3)21-23-39-36(7,8)27-34(43-39)28-37(39,9)42)15-11-12-16-30(2)18-14-20-32(4)22-24-40-35(5,6)25-33(41)26-38(40,10)44-40/h11-24,33-34,41-42H,25-28H2,1-10H3/b12-11+,17-13+,18-14+,23-21+,24-22+,29-15+,30-16+,31-19+,32-20+/t33-,34-,37+,38+,39?,40-/m0/s1. The molecule has 2 bridgehead atoms. The highest BCUT2D eigenvalue weighted by molar-refractivity contribution is 5.37. The van der Waals surface area contributed by atoms with Crippen LogP contribution in [0, 0.1) is 10.8 Å². The first-order valence-corrected chi connectivity index (χ1v) is 16.3. The van der Waals surface area contributed by atoms with E-state index in [0.29, 0.717) is 12.8 Å². The Hall–Kier alpha value is -2.50. The molecule has 44 heavy (non-hydrogen) atoms. The van der Waals surface area contributed by atoms with Crippen LogP contribution in [0.25, 0.3) is 0 Å². The number of hydrogen-bond donors (Lipinski definition) is 2. The van der Waals surface area contributed by atoms with Gasteiger partial charge in [-0.05, 0) is 66.5 Å². The minimum atomic E-state index is -0.847. The topological polar surface area (TPSA) is 62.2 Å². The van der Waals surface area contributed by atoms with E-state index in [2.05, 4.69) is 147 Å². The molecule has 4 nitrogen and oxygen atoms in total. The molecular formula is C40H56O4. The van der Waals surface area contributed by atoms with Crippen molar-refractivity contribution in [3.05, 3.63) is 107 Å². The van der Waals surface area contributed by atoms with Crippen molar-refractivity contribution in [3.63, 3.8) is 0 Å². The van der Waals surface area contributed by atoms with Gasteiger partial charge in [0.05, 0.1) is 17.8 Å². The Labute approximate surface area is 267 Å². The van der Waals surface area contributed by atoms with Crippen LogP contribution in [0.5, 0.6) is 0 Å². The van der Waals surface area contributed by atoms with Crippen molar-refractivity contribution in [1.82, 2.24) is 0 Å². The SMILES string of the molecule is CC(/C=C/C=C(C)/C=C/C12O[C@@H](CC1(C)C)C[C@@]2(C)O)=C\C=C\C=C(C)\C=C\C=C(C)\C=C\[C@@]12O[C@]1(C)C[C@@H](O)CC2(C)C. The van der Waals surface area contributed by atoms with E-state index < -0.39 is 11.2 Å². The molecule has 4 heteroatoms. The van der Waals surface area contributed by atoms with Gasteiger partial charge in [-0.2, -0.15) is 0 Å². The van der Waals surface area contributed by atoms with Gasteiger partial charge in [-0.25, -0.2) is 0 Å². The van der Waals surface area contributed by atoms with Crippen LogP contribution >= 0.6 is 0 Å². The molecule has 0 aromatic rings. The molecule has 1 unspecified atom stereocenters. The monoisotopic (exact) mass is 600 g/mol. The van der Waals surface area contributed by atoms with E-state index in [-0.39, 0.29) is 34.2 Å².